The topological polar surface area (TPSA) is 99.8 Å². The largest absolute Gasteiger partial charge is 0.542 e. The summed E-state index contributed by atoms with van der Waals surface area (Å²) in [4.78, 5) is 20.5. The van der Waals surface area contributed by atoms with E-state index in [4.69, 9.17) is 15.6 Å². The Hall–Kier alpha value is -2.09. The SMILES string of the molecule is NC(=O)C1(c2ccccc2)CC[NH2+]CC1.O=C([O-])C(F)(F)F. The fourth-order valence-corrected chi connectivity index (χ4v) is 2.40. The van der Waals surface area contributed by atoms with E-state index in [1.165, 1.54) is 0 Å². The Balaban J connectivity index is 0.000000295. The van der Waals surface area contributed by atoms with E-state index in [2.05, 4.69) is 5.32 Å². The Labute approximate surface area is 125 Å². The number of carbonyl (C=O) groups excluding carboxylic acids is 2. The minimum atomic E-state index is -5.19. The zero-order valence-corrected chi connectivity index (χ0v) is 11.7. The first kappa shape index (κ1) is 18.0. The molecule has 4 N–H and O–H groups in total. The van der Waals surface area contributed by atoms with E-state index in [1.807, 2.05) is 30.3 Å². The van der Waals surface area contributed by atoms with Crippen molar-refractivity contribution < 1.29 is 33.2 Å². The molecule has 0 unspecified atom stereocenters. The molecule has 0 saturated carbocycles. The van der Waals surface area contributed by atoms with Crippen LogP contribution < -0.4 is 16.2 Å². The lowest BCUT2D eigenvalue weighted by Crippen LogP contribution is -2.88. The summed E-state index contributed by atoms with van der Waals surface area (Å²) in [7, 11) is 0. The van der Waals surface area contributed by atoms with Gasteiger partial charge in [-0.15, -0.1) is 0 Å². The average molecular weight is 318 g/mol. The first-order valence-corrected chi connectivity index (χ1v) is 6.65. The van der Waals surface area contributed by atoms with Gasteiger partial charge in [0.1, 0.15) is 5.97 Å². The van der Waals surface area contributed by atoms with Crippen molar-refractivity contribution in [3.63, 3.8) is 0 Å². The maximum Gasteiger partial charge on any atom is 0.430 e. The summed E-state index contributed by atoms with van der Waals surface area (Å²) < 4.78 is 31.5. The molecule has 1 aliphatic heterocycles. The van der Waals surface area contributed by atoms with Gasteiger partial charge in [-0.3, -0.25) is 4.79 Å². The Morgan fingerprint density at radius 3 is 1.95 bits per heavy atom. The summed E-state index contributed by atoms with van der Waals surface area (Å²) in [5, 5.41) is 11.0. The standard InChI is InChI=1S/C12H16N2O.C2HF3O2/c13-11(15)12(6-8-14-9-7-12)10-4-2-1-3-5-10;3-2(4,5)1(6)7/h1-5,14H,6-9H2,(H2,13,15);(H,6,7). The Bertz CT molecular complexity index is 512. The minimum absolute atomic E-state index is 0.179. The lowest BCUT2D eigenvalue weighted by molar-refractivity contribution is -0.664. The van der Waals surface area contributed by atoms with Gasteiger partial charge in [-0.1, -0.05) is 30.3 Å². The summed E-state index contributed by atoms with van der Waals surface area (Å²) in [6, 6.07) is 9.93. The van der Waals surface area contributed by atoms with Gasteiger partial charge in [0.25, 0.3) is 0 Å². The monoisotopic (exact) mass is 318 g/mol. The highest BCUT2D eigenvalue weighted by Crippen LogP contribution is 2.31. The highest BCUT2D eigenvalue weighted by Gasteiger charge is 2.40. The van der Waals surface area contributed by atoms with E-state index < -0.39 is 17.6 Å². The van der Waals surface area contributed by atoms with Crippen molar-refractivity contribution in [3.05, 3.63) is 35.9 Å². The number of benzene rings is 1. The Kier molecular flexibility index (Phi) is 5.92. The number of hydrogen-bond donors (Lipinski definition) is 2. The van der Waals surface area contributed by atoms with Crippen LogP contribution in [0.1, 0.15) is 18.4 Å². The molecule has 0 aromatic heterocycles. The number of aliphatic carboxylic acids is 1. The number of halogens is 3. The number of alkyl halides is 3. The normalized spacial score (nSPS) is 17.0. The van der Waals surface area contributed by atoms with Gasteiger partial charge >= 0.3 is 6.18 Å². The summed E-state index contributed by atoms with van der Waals surface area (Å²) in [6.07, 6.45) is -3.49. The molecule has 0 aliphatic carbocycles. The van der Waals surface area contributed by atoms with E-state index in [0.29, 0.717) is 0 Å². The third kappa shape index (κ3) is 4.45. The Morgan fingerprint density at radius 2 is 1.59 bits per heavy atom. The van der Waals surface area contributed by atoms with Gasteiger partial charge in [0.2, 0.25) is 5.91 Å². The van der Waals surface area contributed by atoms with E-state index in [0.717, 1.165) is 31.5 Å². The molecule has 0 radical (unpaired) electrons. The Morgan fingerprint density at radius 1 is 1.14 bits per heavy atom. The molecule has 1 saturated heterocycles. The predicted octanol–water partition coefficient (Wildman–Crippen LogP) is -0.934. The van der Waals surface area contributed by atoms with E-state index in [-0.39, 0.29) is 5.91 Å². The van der Waals surface area contributed by atoms with Crippen LogP contribution in [0.2, 0.25) is 0 Å². The van der Waals surface area contributed by atoms with Crippen LogP contribution in [0, 0.1) is 0 Å². The van der Waals surface area contributed by atoms with Crippen molar-refractivity contribution in [2.75, 3.05) is 13.1 Å². The smallest absolute Gasteiger partial charge is 0.430 e. The molecular weight excluding hydrogens is 301 g/mol. The van der Waals surface area contributed by atoms with E-state index in [9.17, 15) is 18.0 Å². The first-order valence-electron chi connectivity index (χ1n) is 6.65. The van der Waals surface area contributed by atoms with Gasteiger partial charge < -0.3 is 21.0 Å². The molecular formula is C14H17F3N2O3. The number of amides is 1. The number of primary amides is 1. The van der Waals surface area contributed by atoms with Crippen molar-refractivity contribution in [1.29, 1.82) is 0 Å². The molecule has 1 aromatic carbocycles. The van der Waals surface area contributed by atoms with Crippen LogP contribution in [0.4, 0.5) is 13.2 Å². The average Bonchev–Trinajstić information content (AvgIpc) is 2.48. The lowest BCUT2D eigenvalue weighted by Gasteiger charge is -2.33. The molecule has 1 heterocycles. The number of quaternary nitrogens is 1. The third-order valence-corrected chi connectivity index (χ3v) is 3.58. The van der Waals surface area contributed by atoms with Crippen molar-refractivity contribution >= 4 is 11.9 Å². The summed E-state index contributed by atoms with van der Waals surface area (Å²) in [6.45, 7) is 1.97. The third-order valence-electron chi connectivity index (χ3n) is 3.58. The van der Waals surface area contributed by atoms with Crippen LogP contribution in [-0.2, 0) is 15.0 Å². The second-order valence-corrected chi connectivity index (χ2v) is 4.96. The lowest BCUT2D eigenvalue weighted by atomic mass is 9.72. The molecule has 1 aliphatic rings. The fraction of sp³-hybridized carbons (Fsp3) is 0.429. The molecule has 2 rings (SSSR count). The molecule has 22 heavy (non-hydrogen) atoms. The molecule has 5 nitrogen and oxygen atoms in total. The van der Waals surface area contributed by atoms with Gasteiger partial charge in [-0.2, -0.15) is 13.2 Å². The number of nitrogens with two attached hydrogens (primary N) is 2. The minimum Gasteiger partial charge on any atom is -0.542 e. The van der Waals surface area contributed by atoms with Gasteiger partial charge in [0, 0.05) is 12.8 Å². The molecule has 0 atom stereocenters. The van der Waals surface area contributed by atoms with Crippen LogP contribution in [-0.4, -0.2) is 31.1 Å². The molecule has 8 heteroatoms. The van der Waals surface area contributed by atoms with Crippen LogP contribution in [0.3, 0.4) is 0 Å². The molecule has 1 fully saturated rings. The summed E-state index contributed by atoms with van der Waals surface area (Å²) >= 11 is 0. The number of carbonyl (C=O) groups is 2. The van der Waals surface area contributed by atoms with Crippen LogP contribution in [0.5, 0.6) is 0 Å². The van der Waals surface area contributed by atoms with Gasteiger partial charge in [-0.05, 0) is 5.56 Å². The second kappa shape index (κ2) is 7.26. The van der Waals surface area contributed by atoms with E-state index >= 15 is 0 Å². The fourth-order valence-electron chi connectivity index (χ4n) is 2.40. The molecule has 0 spiro atoms. The quantitative estimate of drug-likeness (QED) is 0.736. The predicted molar refractivity (Wildman–Crippen MR) is 69.3 cm³/mol. The maximum absolute atomic E-state index is 11.7. The molecule has 1 amide bonds. The zero-order chi connectivity index (χ0) is 16.8. The van der Waals surface area contributed by atoms with E-state index in [1.54, 1.807) is 0 Å². The number of hydrogen-bond acceptors (Lipinski definition) is 3. The number of carboxylic acids is 1. The van der Waals surface area contributed by atoms with Crippen molar-refractivity contribution in [2.24, 2.45) is 5.73 Å². The summed E-state index contributed by atoms with van der Waals surface area (Å²) in [5.74, 6) is -3.19. The van der Waals surface area contributed by atoms with Crippen molar-refractivity contribution in [2.45, 2.75) is 24.4 Å². The highest BCUT2D eigenvalue weighted by molar-refractivity contribution is 5.86. The zero-order valence-electron chi connectivity index (χ0n) is 11.7. The second-order valence-electron chi connectivity index (χ2n) is 4.96. The molecule has 0 bridgehead atoms. The van der Waals surface area contributed by atoms with Crippen LogP contribution >= 0.6 is 0 Å². The maximum atomic E-state index is 11.7. The van der Waals surface area contributed by atoms with Crippen LogP contribution in [0.15, 0.2) is 30.3 Å². The number of carboxylic acid groups (broad SMARTS) is 1. The summed E-state index contributed by atoms with van der Waals surface area (Å²) in [5.41, 5.74) is 6.24. The highest BCUT2D eigenvalue weighted by atomic mass is 19.4. The van der Waals surface area contributed by atoms with Crippen molar-refractivity contribution in [3.8, 4) is 0 Å². The number of rotatable bonds is 2. The molecule has 1 aromatic rings. The van der Waals surface area contributed by atoms with Gasteiger partial charge in [0.15, 0.2) is 0 Å². The van der Waals surface area contributed by atoms with Gasteiger partial charge in [-0.25, -0.2) is 0 Å². The van der Waals surface area contributed by atoms with Gasteiger partial charge in [0.05, 0.1) is 18.5 Å². The number of piperidine rings is 1. The molecule has 122 valence electrons. The van der Waals surface area contributed by atoms with Crippen molar-refractivity contribution in [1.82, 2.24) is 0 Å². The van der Waals surface area contributed by atoms with Crippen LogP contribution in [0.25, 0.3) is 0 Å². The first-order chi connectivity index (χ1) is 10.2.